The summed E-state index contributed by atoms with van der Waals surface area (Å²) in [6, 6.07) is 0.295. The van der Waals surface area contributed by atoms with Gasteiger partial charge in [-0.2, -0.15) is 0 Å². The molecule has 0 aliphatic heterocycles. The van der Waals surface area contributed by atoms with E-state index in [-0.39, 0.29) is 0 Å². The second-order valence-electron chi connectivity index (χ2n) is 4.88. The first kappa shape index (κ1) is 9.40. The molecule has 2 unspecified atom stereocenters. The van der Waals surface area contributed by atoms with Crippen LogP contribution in [0.5, 0.6) is 0 Å². The second kappa shape index (κ2) is 3.63. The predicted octanol–water partition coefficient (Wildman–Crippen LogP) is 2.15. The molecule has 1 heterocycles. The minimum absolute atomic E-state index is 0.295. The highest BCUT2D eigenvalue weighted by molar-refractivity contribution is 5.29. The van der Waals surface area contributed by atoms with Crippen molar-refractivity contribution in [1.82, 2.24) is 5.16 Å². The summed E-state index contributed by atoms with van der Waals surface area (Å²) in [6.45, 7) is 0. The number of aromatic nitrogens is 1. The summed E-state index contributed by atoms with van der Waals surface area (Å²) in [7, 11) is 0. The summed E-state index contributed by atoms with van der Waals surface area (Å²) < 4.78 is 5.54. The van der Waals surface area contributed by atoms with Gasteiger partial charge in [-0.1, -0.05) is 11.6 Å². The summed E-state index contributed by atoms with van der Waals surface area (Å²) in [5.74, 6) is 1.56. The van der Waals surface area contributed by atoms with Crippen LogP contribution in [-0.2, 0) is 12.8 Å². The maximum Gasteiger partial charge on any atom is 0.144 e. The first-order valence-electron chi connectivity index (χ1n) is 6.09. The summed E-state index contributed by atoms with van der Waals surface area (Å²) in [6.07, 6.45) is 8.35. The zero-order valence-electron chi connectivity index (χ0n) is 9.04. The first-order valence-corrected chi connectivity index (χ1v) is 6.09. The van der Waals surface area contributed by atoms with Crippen LogP contribution in [0.4, 0.5) is 0 Å². The Morgan fingerprint density at radius 1 is 1.13 bits per heavy atom. The van der Waals surface area contributed by atoms with E-state index < -0.39 is 0 Å². The van der Waals surface area contributed by atoms with E-state index in [9.17, 15) is 0 Å². The number of nitrogens with zero attached hydrogens (tertiary/aromatic N) is 1. The van der Waals surface area contributed by atoms with Gasteiger partial charge in [-0.3, -0.25) is 0 Å². The van der Waals surface area contributed by atoms with Gasteiger partial charge in [0.05, 0.1) is 5.69 Å². The fourth-order valence-electron chi connectivity index (χ4n) is 3.02. The Kier molecular flexibility index (Phi) is 2.28. The van der Waals surface area contributed by atoms with Gasteiger partial charge in [0.25, 0.3) is 0 Å². The fourth-order valence-corrected chi connectivity index (χ4v) is 3.02. The number of nitrogens with two attached hydrogens (primary N) is 1. The van der Waals surface area contributed by atoms with Gasteiger partial charge >= 0.3 is 0 Å². The molecule has 0 spiro atoms. The number of hydrogen-bond acceptors (Lipinski definition) is 3. The van der Waals surface area contributed by atoms with Gasteiger partial charge in [-0.05, 0) is 38.5 Å². The molecule has 1 fully saturated rings. The molecule has 3 rings (SSSR count). The lowest BCUT2D eigenvalue weighted by atomic mass is 9.90. The largest absolute Gasteiger partial charge is 0.360 e. The molecule has 0 amide bonds. The van der Waals surface area contributed by atoms with Crippen LogP contribution in [0, 0.1) is 0 Å². The van der Waals surface area contributed by atoms with Crippen molar-refractivity contribution in [3.63, 3.8) is 0 Å². The summed E-state index contributed by atoms with van der Waals surface area (Å²) in [5, 5.41) is 4.21. The molecule has 3 heteroatoms. The molecule has 0 bridgehead atoms. The van der Waals surface area contributed by atoms with Gasteiger partial charge in [0.2, 0.25) is 0 Å². The lowest BCUT2D eigenvalue weighted by Crippen LogP contribution is -2.23. The Labute approximate surface area is 90.0 Å². The van der Waals surface area contributed by atoms with E-state index >= 15 is 0 Å². The van der Waals surface area contributed by atoms with Crippen molar-refractivity contribution in [3.05, 3.63) is 17.0 Å². The normalized spacial score (nSPS) is 30.5. The minimum atomic E-state index is 0.295. The van der Waals surface area contributed by atoms with Crippen LogP contribution in [0.1, 0.15) is 55.0 Å². The Balaban J connectivity index is 1.94. The third-order valence-electron chi connectivity index (χ3n) is 3.90. The number of aryl methyl sites for hydroxylation is 1. The molecular weight excluding hydrogens is 188 g/mol. The molecule has 2 aliphatic carbocycles. The number of rotatable bonds is 1. The molecule has 0 aromatic carbocycles. The number of hydrogen-bond donors (Lipinski definition) is 1. The van der Waals surface area contributed by atoms with Crippen molar-refractivity contribution < 1.29 is 4.52 Å². The maximum absolute atomic E-state index is 6.12. The summed E-state index contributed by atoms with van der Waals surface area (Å²) in [5.41, 5.74) is 8.71. The lowest BCUT2D eigenvalue weighted by molar-refractivity contribution is 0.347. The van der Waals surface area contributed by atoms with E-state index in [1.54, 1.807) is 0 Å². The van der Waals surface area contributed by atoms with Crippen LogP contribution in [0.2, 0.25) is 0 Å². The van der Waals surface area contributed by atoms with Gasteiger partial charge < -0.3 is 10.3 Å². The Bertz CT molecular complexity index is 359. The van der Waals surface area contributed by atoms with Crippen LogP contribution in [-0.4, -0.2) is 11.2 Å². The van der Waals surface area contributed by atoms with Crippen LogP contribution in [0.15, 0.2) is 4.52 Å². The summed E-state index contributed by atoms with van der Waals surface area (Å²) in [4.78, 5) is 0. The standard InChI is InChI=1S/C12H18N2O/c13-10-6-3-5-8(10)12-9-4-1-2-7-11(9)14-15-12/h8,10H,1-7,13H2. The average molecular weight is 206 g/mol. The summed E-state index contributed by atoms with van der Waals surface area (Å²) >= 11 is 0. The molecule has 1 aromatic heterocycles. The Hall–Kier alpha value is -0.830. The molecule has 1 saturated carbocycles. The van der Waals surface area contributed by atoms with Gasteiger partial charge in [0.15, 0.2) is 0 Å². The molecule has 0 saturated heterocycles. The Morgan fingerprint density at radius 3 is 2.80 bits per heavy atom. The van der Waals surface area contributed by atoms with Crippen molar-refractivity contribution >= 4 is 0 Å². The molecule has 82 valence electrons. The quantitative estimate of drug-likeness (QED) is 0.766. The maximum atomic E-state index is 6.12. The van der Waals surface area contributed by atoms with E-state index in [4.69, 9.17) is 10.3 Å². The van der Waals surface area contributed by atoms with Gasteiger partial charge in [0, 0.05) is 17.5 Å². The van der Waals surface area contributed by atoms with Crippen molar-refractivity contribution in [2.24, 2.45) is 5.73 Å². The molecule has 3 nitrogen and oxygen atoms in total. The van der Waals surface area contributed by atoms with E-state index in [2.05, 4.69) is 5.16 Å². The van der Waals surface area contributed by atoms with Gasteiger partial charge in [0.1, 0.15) is 5.76 Å². The van der Waals surface area contributed by atoms with E-state index in [1.165, 1.54) is 36.9 Å². The minimum Gasteiger partial charge on any atom is -0.360 e. The van der Waals surface area contributed by atoms with Crippen molar-refractivity contribution in [2.75, 3.05) is 0 Å². The smallest absolute Gasteiger partial charge is 0.144 e. The zero-order valence-corrected chi connectivity index (χ0v) is 9.04. The number of fused-ring (bicyclic) bond motifs is 1. The lowest BCUT2D eigenvalue weighted by Gasteiger charge is -2.15. The molecule has 2 atom stereocenters. The fraction of sp³-hybridized carbons (Fsp3) is 0.750. The van der Waals surface area contributed by atoms with Crippen LogP contribution >= 0.6 is 0 Å². The third kappa shape index (κ3) is 1.49. The van der Waals surface area contributed by atoms with Crippen molar-refractivity contribution in [1.29, 1.82) is 0 Å². The molecular formula is C12H18N2O. The first-order chi connectivity index (χ1) is 7.36. The Morgan fingerprint density at radius 2 is 2.00 bits per heavy atom. The van der Waals surface area contributed by atoms with Crippen molar-refractivity contribution in [3.8, 4) is 0 Å². The second-order valence-corrected chi connectivity index (χ2v) is 4.88. The molecule has 2 N–H and O–H groups in total. The monoisotopic (exact) mass is 206 g/mol. The highest BCUT2D eigenvalue weighted by atomic mass is 16.5. The van der Waals surface area contributed by atoms with Crippen LogP contribution in [0.25, 0.3) is 0 Å². The highest BCUT2D eigenvalue weighted by Gasteiger charge is 2.32. The molecule has 15 heavy (non-hydrogen) atoms. The zero-order chi connectivity index (χ0) is 10.3. The van der Waals surface area contributed by atoms with Crippen molar-refractivity contribution in [2.45, 2.75) is 56.9 Å². The van der Waals surface area contributed by atoms with E-state index in [1.807, 2.05) is 0 Å². The third-order valence-corrected chi connectivity index (χ3v) is 3.90. The van der Waals surface area contributed by atoms with Gasteiger partial charge in [-0.15, -0.1) is 0 Å². The van der Waals surface area contributed by atoms with Crippen LogP contribution in [0.3, 0.4) is 0 Å². The van der Waals surface area contributed by atoms with Gasteiger partial charge in [-0.25, -0.2) is 0 Å². The van der Waals surface area contributed by atoms with Crippen LogP contribution < -0.4 is 5.73 Å². The predicted molar refractivity (Wildman–Crippen MR) is 57.7 cm³/mol. The topological polar surface area (TPSA) is 52.0 Å². The van der Waals surface area contributed by atoms with E-state index in [0.717, 1.165) is 25.0 Å². The highest BCUT2D eigenvalue weighted by Crippen LogP contribution is 2.37. The average Bonchev–Trinajstić information content (AvgIpc) is 2.83. The molecule has 2 aliphatic rings. The molecule has 0 radical (unpaired) electrons. The SMILES string of the molecule is NC1CCCC1c1onc2c1CCCC2. The van der Waals surface area contributed by atoms with E-state index in [0.29, 0.717) is 12.0 Å². The molecule has 1 aromatic rings.